The Morgan fingerprint density at radius 2 is 1.88 bits per heavy atom. The van der Waals surface area contributed by atoms with E-state index in [-0.39, 0.29) is 12.3 Å². The largest absolute Gasteiger partial charge is 0.489 e. The number of carbonyl (C=O) groups is 1. The summed E-state index contributed by atoms with van der Waals surface area (Å²) >= 11 is 12.2. The molecule has 0 fully saturated rings. The Morgan fingerprint density at radius 1 is 1.18 bits per heavy atom. The molecule has 0 unspecified atom stereocenters. The topological polar surface area (TPSA) is 117 Å². The van der Waals surface area contributed by atoms with Crippen LogP contribution in [0.25, 0.3) is 0 Å². The molecule has 0 spiro atoms. The number of benzene rings is 1. The summed E-state index contributed by atoms with van der Waals surface area (Å²) < 4.78 is 5.80. The molecule has 0 bridgehead atoms. The zero-order chi connectivity index (χ0) is 24.4. The van der Waals surface area contributed by atoms with Crippen molar-refractivity contribution in [1.82, 2.24) is 14.9 Å². The van der Waals surface area contributed by atoms with Crippen LogP contribution >= 0.6 is 23.2 Å². The quantitative estimate of drug-likeness (QED) is 0.247. The molecule has 3 aromatic rings. The lowest BCUT2D eigenvalue weighted by Crippen LogP contribution is -2.13. The van der Waals surface area contributed by atoms with Crippen LogP contribution in [0.5, 0.6) is 5.75 Å². The van der Waals surface area contributed by atoms with Crippen LogP contribution in [0.3, 0.4) is 0 Å². The van der Waals surface area contributed by atoms with Crippen molar-refractivity contribution < 1.29 is 9.53 Å². The number of anilines is 2. The molecule has 0 saturated carbocycles. The van der Waals surface area contributed by atoms with E-state index in [1.54, 1.807) is 37.5 Å². The first-order chi connectivity index (χ1) is 15.8. The number of carbonyl (C=O) groups excluding carboxylic acids is 1. The highest BCUT2D eigenvalue weighted by atomic mass is 35.5. The fourth-order valence-electron chi connectivity index (χ4n) is 2.57. The monoisotopic (exact) mass is 488 g/mol. The van der Waals surface area contributed by atoms with Crippen molar-refractivity contribution in [3.8, 4) is 5.75 Å². The molecule has 0 aliphatic carbocycles. The number of aromatic nitrogens is 2. The van der Waals surface area contributed by atoms with Gasteiger partial charge in [-0.3, -0.25) is 10.4 Å². The van der Waals surface area contributed by atoms with Gasteiger partial charge in [-0.05, 0) is 44.4 Å². The van der Waals surface area contributed by atoms with E-state index in [0.29, 0.717) is 44.7 Å². The van der Waals surface area contributed by atoms with Gasteiger partial charge in [0.05, 0.1) is 22.3 Å². The number of nitrogen functional groups attached to an aromatic ring is 1. The standard InChI is InChI=1S/C19H17Cl2N5O.C4H9NO/c1-24-18-5-2-11(7-26-18)19(23)13-6-12(3-4-17(13)22)27-10-14-15(20)8-25-9-16(14)21;1-5(2)3-4-6/h2-9,23H,10,22H2,1H3,(H,24,26);4H,3H2,1-2H3. The van der Waals surface area contributed by atoms with E-state index in [1.807, 2.05) is 25.1 Å². The normalized spacial score (nSPS) is 10.2. The minimum Gasteiger partial charge on any atom is -0.489 e. The Balaban J connectivity index is 0.000000569. The Bertz CT molecular complexity index is 1070. The number of rotatable bonds is 8. The van der Waals surface area contributed by atoms with Gasteiger partial charge in [-0.25, -0.2) is 4.98 Å². The molecule has 33 heavy (non-hydrogen) atoms. The van der Waals surface area contributed by atoms with Crippen molar-refractivity contribution in [3.05, 3.63) is 75.7 Å². The van der Waals surface area contributed by atoms with E-state index in [1.165, 1.54) is 12.4 Å². The lowest BCUT2D eigenvalue weighted by Gasteiger charge is -2.13. The van der Waals surface area contributed by atoms with Crippen LogP contribution in [-0.4, -0.2) is 54.6 Å². The van der Waals surface area contributed by atoms with Crippen molar-refractivity contribution in [2.24, 2.45) is 0 Å². The summed E-state index contributed by atoms with van der Waals surface area (Å²) in [4.78, 5) is 19.5. The van der Waals surface area contributed by atoms with Crippen LogP contribution in [0.1, 0.15) is 16.7 Å². The van der Waals surface area contributed by atoms with E-state index in [4.69, 9.17) is 39.1 Å². The third-order valence-corrected chi connectivity index (χ3v) is 5.03. The molecule has 3 rings (SSSR count). The van der Waals surface area contributed by atoms with Crippen molar-refractivity contribution in [3.63, 3.8) is 0 Å². The molecule has 0 saturated heterocycles. The Morgan fingerprint density at radius 3 is 2.39 bits per heavy atom. The van der Waals surface area contributed by atoms with E-state index in [2.05, 4.69) is 15.3 Å². The summed E-state index contributed by atoms with van der Waals surface area (Å²) in [5.74, 6) is 1.27. The molecule has 0 atom stereocenters. The number of nitrogens with one attached hydrogen (secondary N) is 2. The van der Waals surface area contributed by atoms with Crippen LogP contribution in [0.2, 0.25) is 10.0 Å². The van der Waals surface area contributed by atoms with Gasteiger partial charge in [0.15, 0.2) is 0 Å². The van der Waals surface area contributed by atoms with Gasteiger partial charge in [-0.15, -0.1) is 0 Å². The highest BCUT2D eigenvalue weighted by Crippen LogP contribution is 2.27. The minimum atomic E-state index is 0.176. The molecule has 4 N–H and O–H groups in total. The molecule has 0 aliphatic rings. The fraction of sp³-hybridized carbons (Fsp3) is 0.217. The maximum absolute atomic E-state index is 9.57. The van der Waals surface area contributed by atoms with E-state index >= 15 is 0 Å². The number of likely N-dealkylation sites (N-methyl/N-ethyl adjacent to an activating group) is 1. The second kappa shape index (κ2) is 12.7. The van der Waals surface area contributed by atoms with Crippen LogP contribution < -0.4 is 15.8 Å². The molecule has 0 amide bonds. The molecule has 8 nitrogen and oxygen atoms in total. The predicted molar refractivity (Wildman–Crippen MR) is 134 cm³/mol. The van der Waals surface area contributed by atoms with Gasteiger partial charge in [0.2, 0.25) is 0 Å². The number of aldehydes is 1. The van der Waals surface area contributed by atoms with Gasteiger partial charge in [0.25, 0.3) is 0 Å². The highest BCUT2D eigenvalue weighted by molar-refractivity contribution is 6.35. The van der Waals surface area contributed by atoms with E-state index < -0.39 is 0 Å². The van der Waals surface area contributed by atoms with E-state index in [0.717, 1.165) is 12.1 Å². The first kappa shape index (κ1) is 26.1. The number of pyridine rings is 2. The number of hydrogen-bond donors (Lipinski definition) is 3. The van der Waals surface area contributed by atoms with Crippen LogP contribution in [-0.2, 0) is 11.4 Å². The summed E-state index contributed by atoms with van der Waals surface area (Å²) in [5.41, 5.74) is 8.65. The molecule has 0 radical (unpaired) electrons. The van der Waals surface area contributed by atoms with Gasteiger partial charge >= 0.3 is 0 Å². The lowest BCUT2D eigenvalue weighted by atomic mass is 10.0. The first-order valence-corrected chi connectivity index (χ1v) is 10.6. The Labute approximate surface area is 203 Å². The molecule has 2 heterocycles. The fourth-order valence-corrected chi connectivity index (χ4v) is 3.04. The number of hydrogen-bond acceptors (Lipinski definition) is 8. The number of nitrogens with zero attached hydrogens (tertiary/aromatic N) is 3. The Kier molecular flexibility index (Phi) is 10.1. The molecular weight excluding hydrogens is 463 g/mol. The molecule has 174 valence electrons. The zero-order valence-electron chi connectivity index (χ0n) is 18.6. The van der Waals surface area contributed by atoms with Gasteiger partial charge in [0, 0.05) is 48.0 Å². The smallest absolute Gasteiger partial charge is 0.133 e. The summed E-state index contributed by atoms with van der Waals surface area (Å²) in [5, 5.41) is 12.3. The average molecular weight is 489 g/mol. The third kappa shape index (κ3) is 7.71. The minimum absolute atomic E-state index is 0.176. The second-order valence-electron chi connectivity index (χ2n) is 7.11. The number of halogens is 2. The summed E-state index contributed by atoms with van der Waals surface area (Å²) in [6.07, 6.45) is 5.52. The summed E-state index contributed by atoms with van der Waals surface area (Å²) in [6, 6.07) is 8.76. The maximum atomic E-state index is 9.57. The maximum Gasteiger partial charge on any atom is 0.133 e. The lowest BCUT2D eigenvalue weighted by molar-refractivity contribution is -0.108. The van der Waals surface area contributed by atoms with Crippen molar-refractivity contribution in [1.29, 1.82) is 5.41 Å². The number of ether oxygens (including phenoxy) is 1. The Hall–Kier alpha value is -3.20. The van der Waals surface area contributed by atoms with Crippen LogP contribution in [0.4, 0.5) is 11.5 Å². The summed E-state index contributed by atoms with van der Waals surface area (Å²) in [7, 11) is 5.50. The predicted octanol–water partition coefficient (Wildman–Crippen LogP) is 4.15. The molecule has 2 aromatic heterocycles. The van der Waals surface area contributed by atoms with Crippen molar-refractivity contribution >= 4 is 46.7 Å². The summed E-state index contributed by atoms with van der Waals surface area (Å²) in [6.45, 7) is 0.704. The molecule has 0 aliphatic heterocycles. The van der Waals surface area contributed by atoms with Crippen molar-refractivity contribution in [2.45, 2.75) is 6.61 Å². The molecule has 10 heteroatoms. The van der Waals surface area contributed by atoms with Crippen LogP contribution in [0, 0.1) is 5.41 Å². The SMILES string of the molecule is CN(C)CC=O.CNc1ccc(C(=N)c2cc(OCc3c(Cl)cncc3Cl)ccc2N)cn1. The zero-order valence-corrected chi connectivity index (χ0v) is 20.1. The highest BCUT2D eigenvalue weighted by Gasteiger charge is 2.12. The van der Waals surface area contributed by atoms with E-state index in [9.17, 15) is 4.79 Å². The van der Waals surface area contributed by atoms with Gasteiger partial charge in [-0.2, -0.15) is 0 Å². The first-order valence-electron chi connectivity index (χ1n) is 9.88. The molecule has 1 aromatic carbocycles. The van der Waals surface area contributed by atoms with Gasteiger partial charge in [0.1, 0.15) is 24.5 Å². The van der Waals surface area contributed by atoms with Gasteiger partial charge < -0.3 is 25.5 Å². The molecular formula is C23H26Cl2N6O2. The number of nitrogens with two attached hydrogens (primary N) is 1. The average Bonchev–Trinajstić information content (AvgIpc) is 2.79. The van der Waals surface area contributed by atoms with Crippen LogP contribution in [0.15, 0.2) is 48.9 Å². The third-order valence-electron chi connectivity index (χ3n) is 4.38. The van der Waals surface area contributed by atoms with Gasteiger partial charge in [-0.1, -0.05) is 23.2 Å². The second-order valence-corrected chi connectivity index (χ2v) is 7.92. The van der Waals surface area contributed by atoms with Crippen molar-refractivity contribution in [2.75, 3.05) is 38.7 Å².